The Morgan fingerprint density at radius 1 is 1.25 bits per heavy atom. The highest BCUT2D eigenvalue weighted by Crippen LogP contribution is 2.24. The van der Waals surface area contributed by atoms with Gasteiger partial charge in [0.2, 0.25) is 0 Å². The summed E-state index contributed by atoms with van der Waals surface area (Å²) in [5.74, 6) is -0.306. The Balaban J connectivity index is 1.38. The summed E-state index contributed by atoms with van der Waals surface area (Å²) >= 11 is 0. The molecule has 1 heterocycles. The average molecular weight is 386 g/mol. The highest BCUT2D eigenvalue weighted by Gasteiger charge is 2.26. The fourth-order valence-corrected chi connectivity index (χ4v) is 3.22. The number of carbonyl (C=O) groups excluding carboxylic acids is 1. The van der Waals surface area contributed by atoms with Crippen LogP contribution in [-0.2, 0) is 9.47 Å². The van der Waals surface area contributed by atoms with E-state index in [-0.39, 0.29) is 18.0 Å². The Kier molecular flexibility index (Phi) is 7.39. The zero-order valence-corrected chi connectivity index (χ0v) is 16.1. The lowest BCUT2D eigenvalue weighted by Crippen LogP contribution is -2.47. The Morgan fingerprint density at radius 3 is 2.79 bits per heavy atom. The van der Waals surface area contributed by atoms with Crippen LogP contribution in [0.1, 0.15) is 36.7 Å². The second kappa shape index (κ2) is 10.2. The monoisotopic (exact) mass is 386 g/mol. The van der Waals surface area contributed by atoms with E-state index >= 15 is 0 Å². The van der Waals surface area contributed by atoms with Crippen molar-refractivity contribution in [2.45, 2.75) is 25.6 Å². The van der Waals surface area contributed by atoms with Gasteiger partial charge in [0.05, 0.1) is 19.3 Å². The minimum absolute atomic E-state index is 0.0256. The number of morpholine rings is 1. The van der Waals surface area contributed by atoms with Gasteiger partial charge in [0.25, 0.3) is 0 Å². The topological polar surface area (TPSA) is 50.8 Å². The van der Waals surface area contributed by atoms with E-state index in [1.165, 1.54) is 6.07 Å². The number of urea groups is 1. The number of hydrogen-bond acceptors (Lipinski definition) is 3. The van der Waals surface area contributed by atoms with Crippen molar-refractivity contribution in [2.75, 3.05) is 32.8 Å². The maximum absolute atomic E-state index is 14.0. The van der Waals surface area contributed by atoms with Crippen LogP contribution in [-0.4, -0.2) is 43.8 Å². The highest BCUT2D eigenvalue weighted by molar-refractivity contribution is 5.74. The fraction of sp³-hybridized carbons (Fsp3) is 0.409. The molecule has 1 saturated heterocycles. The second-order valence-corrected chi connectivity index (χ2v) is 6.84. The zero-order valence-electron chi connectivity index (χ0n) is 16.1. The van der Waals surface area contributed by atoms with E-state index in [1.54, 1.807) is 23.1 Å². The van der Waals surface area contributed by atoms with Gasteiger partial charge in [0, 0.05) is 25.3 Å². The molecular formula is C22H27FN2O3. The van der Waals surface area contributed by atoms with Gasteiger partial charge >= 0.3 is 6.03 Å². The van der Waals surface area contributed by atoms with Gasteiger partial charge in [-0.05, 0) is 25.0 Å². The van der Waals surface area contributed by atoms with E-state index in [0.717, 1.165) is 12.0 Å². The van der Waals surface area contributed by atoms with E-state index in [2.05, 4.69) is 5.32 Å². The molecule has 0 aliphatic carbocycles. The van der Waals surface area contributed by atoms with Gasteiger partial charge in [-0.15, -0.1) is 0 Å². The summed E-state index contributed by atoms with van der Waals surface area (Å²) in [5.41, 5.74) is 1.63. The molecule has 2 aromatic carbocycles. The van der Waals surface area contributed by atoms with E-state index in [4.69, 9.17) is 9.47 Å². The summed E-state index contributed by atoms with van der Waals surface area (Å²) in [4.78, 5) is 14.1. The summed E-state index contributed by atoms with van der Waals surface area (Å²) < 4.78 is 25.4. The molecule has 2 atom stereocenters. The molecule has 1 aliphatic heterocycles. The molecule has 0 bridgehead atoms. The van der Waals surface area contributed by atoms with Crippen molar-refractivity contribution in [3.63, 3.8) is 0 Å². The molecule has 2 amide bonds. The van der Waals surface area contributed by atoms with Crippen LogP contribution in [0.4, 0.5) is 9.18 Å². The van der Waals surface area contributed by atoms with E-state index in [1.807, 2.05) is 37.3 Å². The van der Waals surface area contributed by atoms with E-state index in [0.29, 0.717) is 38.4 Å². The zero-order chi connectivity index (χ0) is 19.8. The third kappa shape index (κ3) is 5.53. The summed E-state index contributed by atoms with van der Waals surface area (Å²) in [5, 5.41) is 2.91. The third-order valence-electron chi connectivity index (χ3n) is 4.84. The van der Waals surface area contributed by atoms with Crippen molar-refractivity contribution >= 4 is 6.03 Å². The molecule has 1 N–H and O–H groups in total. The molecule has 150 valence electrons. The van der Waals surface area contributed by atoms with Crippen molar-refractivity contribution in [3.8, 4) is 0 Å². The first kappa shape index (κ1) is 20.3. The Labute approximate surface area is 165 Å². The van der Waals surface area contributed by atoms with Crippen LogP contribution in [0.25, 0.3) is 0 Å². The van der Waals surface area contributed by atoms with Gasteiger partial charge < -0.3 is 19.7 Å². The number of nitrogens with zero attached hydrogens (tertiary/aromatic N) is 1. The molecule has 0 aromatic heterocycles. The highest BCUT2D eigenvalue weighted by atomic mass is 19.1. The molecule has 1 aliphatic rings. The fourth-order valence-electron chi connectivity index (χ4n) is 3.22. The molecule has 0 saturated carbocycles. The predicted molar refractivity (Wildman–Crippen MR) is 105 cm³/mol. The van der Waals surface area contributed by atoms with E-state index in [9.17, 15) is 9.18 Å². The van der Waals surface area contributed by atoms with Crippen molar-refractivity contribution in [2.24, 2.45) is 0 Å². The van der Waals surface area contributed by atoms with Gasteiger partial charge in [-0.3, -0.25) is 0 Å². The average Bonchev–Trinajstić information content (AvgIpc) is 2.74. The number of benzene rings is 2. The summed E-state index contributed by atoms with van der Waals surface area (Å²) in [6, 6.07) is 16.4. The molecule has 6 heteroatoms. The first-order valence-electron chi connectivity index (χ1n) is 9.70. The molecule has 0 spiro atoms. The number of halogens is 1. The standard InChI is InChI=1S/C22H27FN2O3/c1-17(18-8-3-2-4-9-18)27-14-7-12-24-22(26)25-13-15-28-21(16-25)19-10-5-6-11-20(19)23/h2-6,8-11,17,21H,7,12-16H2,1H3,(H,24,26)/t17-,21-/m1/s1. The van der Waals surface area contributed by atoms with Gasteiger partial charge in [-0.2, -0.15) is 0 Å². The molecule has 0 radical (unpaired) electrons. The van der Waals surface area contributed by atoms with Crippen LogP contribution < -0.4 is 5.32 Å². The molecular weight excluding hydrogens is 359 g/mol. The molecule has 28 heavy (non-hydrogen) atoms. The smallest absolute Gasteiger partial charge is 0.317 e. The van der Waals surface area contributed by atoms with Gasteiger partial charge in [0.15, 0.2) is 0 Å². The van der Waals surface area contributed by atoms with Crippen LogP contribution >= 0.6 is 0 Å². The summed E-state index contributed by atoms with van der Waals surface area (Å²) in [7, 11) is 0. The predicted octanol–water partition coefficient (Wildman–Crippen LogP) is 4.08. The molecule has 2 aromatic rings. The lowest BCUT2D eigenvalue weighted by atomic mass is 10.1. The van der Waals surface area contributed by atoms with Gasteiger partial charge in [-0.1, -0.05) is 48.5 Å². The summed E-state index contributed by atoms with van der Waals surface area (Å²) in [6.07, 6.45) is 0.317. The van der Waals surface area contributed by atoms with Crippen LogP contribution in [0.15, 0.2) is 54.6 Å². The van der Waals surface area contributed by atoms with Gasteiger partial charge in [-0.25, -0.2) is 9.18 Å². The maximum Gasteiger partial charge on any atom is 0.317 e. The molecule has 5 nitrogen and oxygen atoms in total. The number of hydrogen-bond donors (Lipinski definition) is 1. The first-order valence-corrected chi connectivity index (χ1v) is 9.70. The number of carbonyl (C=O) groups is 1. The maximum atomic E-state index is 14.0. The quantitative estimate of drug-likeness (QED) is 0.730. The van der Waals surface area contributed by atoms with Crippen molar-refractivity contribution in [1.29, 1.82) is 0 Å². The Hall–Kier alpha value is -2.44. The number of rotatable bonds is 7. The molecule has 3 rings (SSSR count). The van der Waals surface area contributed by atoms with Crippen molar-refractivity contribution in [3.05, 3.63) is 71.5 Å². The van der Waals surface area contributed by atoms with Crippen molar-refractivity contribution < 1.29 is 18.7 Å². The van der Waals surface area contributed by atoms with E-state index < -0.39 is 6.10 Å². The minimum Gasteiger partial charge on any atom is -0.374 e. The number of ether oxygens (including phenoxy) is 2. The third-order valence-corrected chi connectivity index (χ3v) is 4.84. The minimum atomic E-state index is -0.434. The Morgan fingerprint density at radius 2 is 2.00 bits per heavy atom. The molecule has 1 fully saturated rings. The SMILES string of the molecule is C[C@@H](OCCCNC(=O)N1CCO[C@@H](c2ccccc2F)C1)c1ccccc1. The second-order valence-electron chi connectivity index (χ2n) is 6.84. The van der Waals surface area contributed by atoms with Crippen LogP contribution in [0.3, 0.4) is 0 Å². The van der Waals surface area contributed by atoms with Crippen molar-refractivity contribution in [1.82, 2.24) is 10.2 Å². The summed E-state index contributed by atoms with van der Waals surface area (Å²) in [6.45, 7) is 4.35. The number of amides is 2. The lowest BCUT2D eigenvalue weighted by Gasteiger charge is -2.33. The number of nitrogens with one attached hydrogen (secondary N) is 1. The lowest BCUT2D eigenvalue weighted by molar-refractivity contribution is -0.0172. The largest absolute Gasteiger partial charge is 0.374 e. The van der Waals surface area contributed by atoms with Gasteiger partial charge in [0.1, 0.15) is 11.9 Å². The van der Waals surface area contributed by atoms with Crippen LogP contribution in [0, 0.1) is 5.82 Å². The first-order chi connectivity index (χ1) is 13.6. The van der Waals surface area contributed by atoms with Crippen LogP contribution in [0.5, 0.6) is 0 Å². The molecule has 0 unspecified atom stereocenters. The van der Waals surface area contributed by atoms with Crippen LogP contribution in [0.2, 0.25) is 0 Å². The Bertz CT molecular complexity index is 756. The normalized spacial score (nSPS) is 17.9.